The maximum Gasteiger partial charge on any atom is 0.109 e. The zero-order chi connectivity index (χ0) is 10.4. The average Bonchev–Trinajstić information content (AvgIpc) is 2.18. The third kappa shape index (κ3) is 2.87. The summed E-state index contributed by atoms with van der Waals surface area (Å²) in [5, 5.41) is 3.97. The van der Waals surface area contributed by atoms with E-state index < -0.39 is 0 Å². The highest BCUT2D eigenvalue weighted by atomic mass is 16.6. The first-order valence-electron chi connectivity index (χ1n) is 4.96. The van der Waals surface area contributed by atoms with Crippen LogP contribution < -0.4 is 0 Å². The molecular weight excluding hydrogens is 174 g/mol. The maximum atomic E-state index is 4.79. The summed E-state index contributed by atoms with van der Waals surface area (Å²) in [7, 11) is 1.57. The lowest BCUT2D eigenvalue weighted by molar-refractivity contribution is 0.214. The highest BCUT2D eigenvalue weighted by molar-refractivity contribution is 6.11. The summed E-state index contributed by atoms with van der Waals surface area (Å²) in [4.78, 5) is 4.79. The first kappa shape index (κ1) is 10.8. The number of nitrogens with zero attached hydrogens (tertiary/aromatic N) is 1. The highest BCUT2D eigenvalue weighted by Gasteiger charge is 2.06. The van der Waals surface area contributed by atoms with Crippen LogP contribution in [0.4, 0.5) is 0 Å². The molecule has 0 heterocycles. The molecule has 14 heavy (non-hydrogen) atoms. The van der Waals surface area contributed by atoms with Crippen LogP contribution in [-0.4, -0.2) is 12.8 Å². The fourth-order valence-electron chi connectivity index (χ4n) is 1.32. The van der Waals surface area contributed by atoms with Crippen LogP contribution >= 0.6 is 0 Å². The highest BCUT2D eigenvalue weighted by Crippen LogP contribution is 2.15. The van der Waals surface area contributed by atoms with E-state index in [0.29, 0.717) is 0 Å². The third-order valence-electron chi connectivity index (χ3n) is 2.03. The molecule has 0 fully saturated rings. The van der Waals surface area contributed by atoms with Gasteiger partial charge in [-0.05, 0) is 25.0 Å². The van der Waals surface area contributed by atoms with Crippen LogP contribution in [0.15, 0.2) is 40.6 Å². The lowest BCUT2D eigenvalue weighted by atomic mass is 10.00. The fraction of sp³-hybridized carbons (Fsp3) is 0.417. The number of unbranched alkanes of at least 4 members (excludes halogenated alkanes) is 1. The predicted octanol–water partition coefficient (Wildman–Crippen LogP) is 3.23. The van der Waals surface area contributed by atoms with Gasteiger partial charge in [-0.25, -0.2) is 0 Å². The third-order valence-corrected chi connectivity index (χ3v) is 2.03. The molecule has 0 aromatic carbocycles. The Morgan fingerprint density at radius 1 is 1.43 bits per heavy atom. The minimum atomic E-state index is 0.909. The van der Waals surface area contributed by atoms with Gasteiger partial charge in [0.1, 0.15) is 12.8 Å². The zero-order valence-electron chi connectivity index (χ0n) is 9.08. The molecule has 76 valence electrons. The molecule has 0 aromatic heterocycles. The number of hydrogen-bond donors (Lipinski definition) is 0. The Labute approximate surface area is 85.6 Å². The lowest BCUT2D eigenvalue weighted by Gasteiger charge is -2.08. The Morgan fingerprint density at radius 3 is 2.86 bits per heavy atom. The molecular formula is C12H17NO. The largest absolute Gasteiger partial charge is 0.399 e. The monoisotopic (exact) mass is 191 g/mol. The summed E-state index contributed by atoms with van der Waals surface area (Å²) < 4.78 is 0. The molecule has 0 bridgehead atoms. The Balaban J connectivity index is 2.87. The Hall–Kier alpha value is -1.31. The maximum absolute atomic E-state index is 4.79. The van der Waals surface area contributed by atoms with E-state index in [1.165, 1.54) is 5.57 Å². The topological polar surface area (TPSA) is 21.6 Å². The van der Waals surface area contributed by atoms with Crippen LogP contribution in [0.5, 0.6) is 0 Å². The van der Waals surface area contributed by atoms with Crippen LogP contribution in [0, 0.1) is 0 Å². The van der Waals surface area contributed by atoms with E-state index in [1.807, 2.05) is 12.2 Å². The molecule has 0 aliphatic heterocycles. The second kappa shape index (κ2) is 5.43. The van der Waals surface area contributed by atoms with E-state index in [-0.39, 0.29) is 0 Å². The lowest BCUT2D eigenvalue weighted by Crippen LogP contribution is -2.02. The van der Waals surface area contributed by atoms with E-state index in [0.717, 1.165) is 24.1 Å². The van der Waals surface area contributed by atoms with Crippen molar-refractivity contribution in [1.82, 2.24) is 0 Å². The number of hydrogen-bond acceptors (Lipinski definition) is 2. The van der Waals surface area contributed by atoms with E-state index in [1.54, 1.807) is 7.11 Å². The SMILES string of the molecule is CCC/C=C1\C=C(C)C=C\C1=N\OC. The molecule has 1 rings (SSSR count). The molecule has 1 aliphatic rings. The zero-order valence-corrected chi connectivity index (χ0v) is 9.08. The van der Waals surface area contributed by atoms with Gasteiger partial charge >= 0.3 is 0 Å². The number of allylic oxidation sites excluding steroid dienone is 6. The van der Waals surface area contributed by atoms with Gasteiger partial charge in [-0.1, -0.05) is 42.3 Å². The minimum Gasteiger partial charge on any atom is -0.399 e. The van der Waals surface area contributed by atoms with Crippen molar-refractivity contribution in [1.29, 1.82) is 0 Å². The van der Waals surface area contributed by atoms with E-state index in [9.17, 15) is 0 Å². The summed E-state index contributed by atoms with van der Waals surface area (Å²) in [6.45, 7) is 4.25. The second-order valence-electron chi connectivity index (χ2n) is 3.33. The van der Waals surface area contributed by atoms with Gasteiger partial charge in [0.15, 0.2) is 0 Å². The van der Waals surface area contributed by atoms with Gasteiger partial charge in [0.05, 0.1) is 0 Å². The van der Waals surface area contributed by atoms with Gasteiger partial charge in [-0.15, -0.1) is 0 Å². The summed E-state index contributed by atoms with van der Waals surface area (Å²) in [6.07, 6.45) is 10.6. The van der Waals surface area contributed by atoms with E-state index in [2.05, 4.69) is 31.2 Å². The average molecular weight is 191 g/mol. The van der Waals surface area contributed by atoms with Gasteiger partial charge in [-0.2, -0.15) is 0 Å². The van der Waals surface area contributed by atoms with Gasteiger partial charge in [0.25, 0.3) is 0 Å². The molecule has 0 saturated carbocycles. The summed E-state index contributed by atoms with van der Waals surface area (Å²) >= 11 is 0. The van der Waals surface area contributed by atoms with E-state index >= 15 is 0 Å². The van der Waals surface area contributed by atoms with Gasteiger partial charge in [-0.3, -0.25) is 0 Å². The quantitative estimate of drug-likeness (QED) is 0.627. The van der Waals surface area contributed by atoms with Gasteiger partial charge < -0.3 is 4.84 Å². The van der Waals surface area contributed by atoms with Crippen LogP contribution in [0.1, 0.15) is 26.7 Å². The molecule has 0 atom stereocenters. The molecule has 2 nitrogen and oxygen atoms in total. The molecule has 0 saturated heterocycles. The molecule has 1 aliphatic carbocycles. The van der Waals surface area contributed by atoms with Crippen molar-refractivity contribution in [2.24, 2.45) is 5.16 Å². The standard InChI is InChI=1S/C12H17NO/c1-4-5-6-11-9-10(2)7-8-12(11)13-14-3/h6-9H,4-5H2,1-3H3/b11-6+,13-12-. The van der Waals surface area contributed by atoms with Crippen LogP contribution in [0.25, 0.3) is 0 Å². The molecule has 0 amide bonds. The summed E-state index contributed by atoms with van der Waals surface area (Å²) in [6, 6.07) is 0. The Kier molecular flexibility index (Phi) is 4.17. The van der Waals surface area contributed by atoms with Crippen LogP contribution in [-0.2, 0) is 4.84 Å². The Bertz CT molecular complexity index is 308. The normalized spacial score (nSPS) is 21.5. The molecule has 0 unspecified atom stereocenters. The minimum absolute atomic E-state index is 0.909. The first-order chi connectivity index (χ1) is 6.77. The van der Waals surface area contributed by atoms with Crippen molar-refractivity contribution >= 4 is 5.71 Å². The van der Waals surface area contributed by atoms with Crippen molar-refractivity contribution in [2.45, 2.75) is 26.7 Å². The number of rotatable bonds is 3. The molecule has 0 radical (unpaired) electrons. The summed E-state index contributed by atoms with van der Waals surface area (Å²) in [5.74, 6) is 0. The van der Waals surface area contributed by atoms with Gasteiger partial charge in [0, 0.05) is 0 Å². The molecule has 0 aromatic rings. The van der Waals surface area contributed by atoms with Crippen LogP contribution in [0.2, 0.25) is 0 Å². The molecule has 0 spiro atoms. The molecule has 0 N–H and O–H groups in total. The second-order valence-corrected chi connectivity index (χ2v) is 3.33. The van der Waals surface area contributed by atoms with E-state index in [4.69, 9.17) is 4.84 Å². The van der Waals surface area contributed by atoms with Crippen molar-refractivity contribution in [2.75, 3.05) is 7.11 Å². The smallest absolute Gasteiger partial charge is 0.109 e. The fourth-order valence-corrected chi connectivity index (χ4v) is 1.32. The molecule has 2 heteroatoms. The predicted molar refractivity (Wildman–Crippen MR) is 60.3 cm³/mol. The Morgan fingerprint density at radius 2 is 2.21 bits per heavy atom. The van der Waals surface area contributed by atoms with Crippen molar-refractivity contribution in [3.63, 3.8) is 0 Å². The van der Waals surface area contributed by atoms with Crippen LogP contribution in [0.3, 0.4) is 0 Å². The van der Waals surface area contributed by atoms with Crippen molar-refractivity contribution < 1.29 is 4.84 Å². The first-order valence-corrected chi connectivity index (χ1v) is 4.96. The summed E-state index contributed by atoms with van der Waals surface area (Å²) in [5.41, 5.74) is 3.32. The van der Waals surface area contributed by atoms with Gasteiger partial charge in [0.2, 0.25) is 0 Å². The van der Waals surface area contributed by atoms with Crippen molar-refractivity contribution in [3.8, 4) is 0 Å². The van der Waals surface area contributed by atoms with Crippen molar-refractivity contribution in [3.05, 3.63) is 35.5 Å². The number of oxime groups is 1.